The molecule has 0 aliphatic carbocycles. The van der Waals surface area contributed by atoms with Crippen molar-refractivity contribution in [3.05, 3.63) is 108 Å². The molecule has 58 heavy (non-hydrogen) atoms. The summed E-state index contributed by atoms with van der Waals surface area (Å²) < 4.78 is 24.8. The molecule has 0 radical (unpaired) electrons. The maximum absolute atomic E-state index is 13.4. The molecule has 0 saturated carbocycles. The van der Waals surface area contributed by atoms with E-state index in [0.717, 1.165) is 63.9 Å². The molecule has 2 unspecified atom stereocenters. The second-order valence-corrected chi connectivity index (χ2v) is 22.6. The van der Waals surface area contributed by atoms with Gasteiger partial charge in [-0.05, 0) is 68.3 Å². The topological polar surface area (TPSA) is 133 Å². The maximum Gasteiger partial charge on any atom is 0.410 e. The third-order valence-corrected chi connectivity index (χ3v) is 11.7. The predicted molar refractivity (Wildman–Crippen MR) is 229 cm³/mol. The van der Waals surface area contributed by atoms with Crippen LogP contribution in [0.2, 0.25) is 25.7 Å². The van der Waals surface area contributed by atoms with Crippen molar-refractivity contribution in [2.24, 2.45) is 0 Å². The molecule has 1 aliphatic rings. The van der Waals surface area contributed by atoms with Crippen LogP contribution >= 0.6 is 0 Å². The first-order chi connectivity index (χ1) is 27.8. The standard InChI is InChI=1S/C45H58N6O6Si/c1-45(2,3)57-43(52)49-37(23-25-54-4)41-46-28-38(47-41)35-19-15-33(16-20-35)34-17-21-36(22-18-34)39-29-50(31-55-26-27-58(5,6)7)42(48-39)40-14-11-24-51(40)44(53)56-30-32-12-9-8-10-13-32/h8-10,12-13,15-22,28-29,37,40H,11,14,23-27,30-31H2,1-7H3,(H,46,47)(H,49,52). The van der Waals surface area contributed by atoms with Gasteiger partial charge in [-0.15, -0.1) is 0 Å². The lowest BCUT2D eigenvalue weighted by molar-refractivity contribution is 0.0489. The normalized spacial score (nSPS) is 15.0. The van der Waals surface area contributed by atoms with E-state index < -0.39 is 25.8 Å². The summed E-state index contributed by atoms with van der Waals surface area (Å²) in [7, 11) is 0.367. The summed E-state index contributed by atoms with van der Waals surface area (Å²) in [5.41, 5.74) is 6.09. The predicted octanol–water partition coefficient (Wildman–Crippen LogP) is 10.00. The molecule has 1 saturated heterocycles. The van der Waals surface area contributed by atoms with E-state index >= 15 is 0 Å². The van der Waals surface area contributed by atoms with Gasteiger partial charge in [0.2, 0.25) is 0 Å². The highest BCUT2D eigenvalue weighted by Gasteiger charge is 2.35. The molecule has 1 fully saturated rings. The molecule has 1 aliphatic heterocycles. The van der Waals surface area contributed by atoms with E-state index in [9.17, 15) is 9.59 Å². The molecule has 2 N–H and O–H groups in total. The number of aromatic amines is 1. The fraction of sp³-hybridized carbons (Fsp3) is 0.422. The largest absolute Gasteiger partial charge is 0.445 e. The molecule has 13 heteroatoms. The van der Waals surface area contributed by atoms with Crippen molar-refractivity contribution in [2.75, 3.05) is 26.9 Å². The average Bonchev–Trinajstić information content (AvgIpc) is 3.97. The number of aromatic nitrogens is 4. The highest BCUT2D eigenvalue weighted by atomic mass is 28.3. The Kier molecular flexibility index (Phi) is 13.9. The molecule has 6 rings (SSSR count). The second kappa shape index (κ2) is 19.0. The Morgan fingerprint density at radius 2 is 1.60 bits per heavy atom. The monoisotopic (exact) mass is 806 g/mol. The number of carbonyl (C=O) groups excluding carboxylic acids is 2. The number of hydrogen-bond donors (Lipinski definition) is 2. The van der Waals surface area contributed by atoms with Crippen LogP contribution in [0, 0.1) is 0 Å². The van der Waals surface area contributed by atoms with E-state index in [1.165, 1.54) is 0 Å². The number of nitrogens with one attached hydrogen (secondary N) is 2. The minimum absolute atomic E-state index is 0.209. The van der Waals surface area contributed by atoms with Crippen molar-refractivity contribution in [2.45, 2.75) is 96.7 Å². The minimum atomic E-state index is -1.26. The minimum Gasteiger partial charge on any atom is -0.445 e. The summed E-state index contributed by atoms with van der Waals surface area (Å²) in [4.78, 5) is 40.9. The number of nitrogens with zero attached hydrogens (tertiary/aromatic N) is 4. The number of ether oxygens (including phenoxy) is 4. The van der Waals surface area contributed by atoms with Gasteiger partial charge in [-0.3, -0.25) is 4.90 Å². The van der Waals surface area contributed by atoms with Gasteiger partial charge in [-0.25, -0.2) is 19.6 Å². The average molecular weight is 807 g/mol. The first-order valence-corrected chi connectivity index (χ1v) is 23.8. The SMILES string of the molecule is COCCC(NC(=O)OC(C)(C)C)c1ncc(-c2ccc(-c3ccc(-c4cn(COCC[Si](C)(C)C)c(C5CCCN5C(=O)OCc5ccccc5)n4)cc3)cc2)[nH]1. The lowest BCUT2D eigenvalue weighted by Gasteiger charge is -2.24. The molecule has 308 valence electrons. The number of hydrogen-bond acceptors (Lipinski definition) is 8. The van der Waals surface area contributed by atoms with E-state index in [4.69, 9.17) is 23.9 Å². The van der Waals surface area contributed by atoms with E-state index in [2.05, 4.69) is 88.0 Å². The van der Waals surface area contributed by atoms with Crippen molar-refractivity contribution >= 4 is 20.3 Å². The Hall–Kier alpha value is -5.24. The highest BCUT2D eigenvalue weighted by molar-refractivity contribution is 6.76. The number of H-pyrrole nitrogens is 1. The van der Waals surface area contributed by atoms with Gasteiger partial charge in [0.25, 0.3) is 0 Å². The first kappa shape index (κ1) is 42.4. The van der Waals surface area contributed by atoms with Crippen LogP contribution in [-0.2, 0) is 32.3 Å². The van der Waals surface area contributed by atoms with Crippen molar-refractivity contribution < 1.29 is 28.5 Å². The van der Waals surface area contributed by atoms with Crippen LogP contribution in [-0.4, -0.2) is 77.1 Å². The van der Waals surface area contributed by atoms with Gasteiger partial charge >= 0.3 is 12.2 Å². The molecule has 2 amide bonds. The van der Waals surface area contributed by atoms with Crippen LogP contribution < -0.4 is 5.32 Å². The van der Waals surface area contributed by atoms with E-state index in [0.29, 0.717) is 38.7 Å². The number of imidazole rings is 2. The summed E-state index contributed by atoms with van der Waals surface area (Å²) in [6.45, 7) is 14.9. The molecule has 0 spiro atoms. The van der Waals surface area contributed by atoms with Crippen LogP contribution in [0.1, 0.15) is 69.3 Å². The van der Waals surface area contributed by atoms with Crippen LogP contribution in [0.3, 0.4) is 0 Å². The number of benzene rings is 3. The zero-order chi connectivity index (χ0) is 41.3. The van der Waals surface area contributed by atoms with E-state index in [-0.39, 0.29) is 18.7 Å². The van der Waals surface area contributed by atoms with Crippen LogP contribution in [0.15, 0.2) is 91.3 Å². The number of rotatable bonds is 16. The number of amides is 2. The summed E-state index contributed by atoms with van der Waals surface area (Å²) in [6, 6.07) is 26.9. The number of alkyl carbamates (subject to hydrolysis) is 1. The fourth-order valence-corrected chi connectivity index (χ4v) is 7.59. The Balaban J connectivity index is 1.16. The Labute approximate surface area is 343 Å². The van der Waals surface area contributed by atoms with Gasteiger partial charge in [0, 0.05) is 46.7 Å². The summed E-state index contributed by atoms with van der Waals surface area (Å²) in [5, 5.41) is 2.92. The number of likely N-dealkylation sites (tertiary alicyclic amines) is 1. The molecular formula is C45H58N6O6Si. The zero-order valence-electron chi connectivity index (χ0n) is 34.9. The molecule has 0 bridgehead atoms. The van der Waals surface area contributed by atoms with Crippen molar-refractivity contribution in [3.63, 3.8) is 0 Å². The van der Waals surface area contributed by atoms with Gasteiger partial charge in [0.1, 0.15) is 30.6 Å². The van der Waals surface area contributed by atoms with Crippen molar-refractivity contribution in [3.8, 4) is 33.6 Å². The van der Waals surface area contributed by atoms with Crippen LogP contribution in [0.4, 0.5) is 9.59 Å². The highest BCUT2D eigenvalue weighted by Crippen LogP contribution is 2.35. The summed E-state index contributed by atoms with van der Waals surface area (Å²) >= 11 is 0. The Morgan fingerprint density at radius 1 is 0.931 bits per heavy atom. The lowest BCUT2D eigenvalue weighted by atomic mass is 10.0. The zero-order valence-corrected chi connectivity index (χ0v) is 35.9. The lowest BCUT2D eigenvalue weighted by Crippen LogP contribution is -2.35. The molecule has 5 aromatic rings. The van der Waals surface area contributed by atoms with Gasteiger partial charge in [0.15, 0.2) is 0 Å². The maximum atomic E-state index is 13.4. The van der Waals surface area contributed by atoms with Gasteiger partial charge in [-0.2, -0.15) is 0 Å². The van der Waals surface area contributed by atoms with Gasteiger partial charge in [0.05, 0.1) is 29.7 Å². The third kappa shape index (κ3) is 11.7. The molecule has 3 heterocycles. The van der Waals surface area contributed by atoms with Gasteiger partial charge in [-0.1, -0.05) is 98.5 Å². The van der Waals surface area contributed by atoms with Crippen molar-refractivity contribution in [1.82, 2.24) is 29.7 Å². The first-order valence-electron chi connectivity index (χ1n) is 20.1. The number of carbonyl (C=O) groups is 2. The van der Waals surface area contributed by atoms with Crippen LogP contribution in [0.25, 0.3) is 33.6 Å². The molecule has 12 nitrogen and oxygen atoms in total. The second-order valence-electron chi connectivity index (χ2n) is 17.0. The molecule has 2 atom stereocenters. The molecule has 3 aromatic carbocycles. The molecule has 2 aromatic heterocycles. The van der Waals surface area contributed by atoms with E-state index in [1.54, 1.807) is 13.3 Å². The van der Waals surface area contributed by atoms with Crippen molar-refractivity contribution in [1.29, 1.82) is 0 Å². The smallest absolute Gasteiger partial charge is 0.410 e. The number of methoxy groups -OCH3 is 1. The van der Waals surface area contributed by atoms with Gasteiger partial charge < -0.3 is 33.8 Å². The Morgan fingerprint density at radius 3 is 2.26 bits per heavy atom. The Bertz CT molecular complexity index is 2090. The fourth-order valence-electron chi connectivity index (χ4n) is 6.83. The summed E-state index contributed by atoms with van der Waals surface area (Å²) in [5.74, 6) is 1.44. The quantitative estimate of drug-likeness (QED) is 0.0744. The van der Waals surface area contributed by atoms with E-state index in [1.807, 2.05) is 62.2 Å². The van der Waals surface area contributed by atoms with Crippen LogP contribution in [0.5, 0.6) is 0 Å². The third-order valence-electron chi connectivity index (χ3n) is 9.96. The summed E-state index contributed by atoms with van der Waals surface area (Å²) in [6.07, 6.45) is 5.20. The molecular weight excluding hydrogens is 749 g/mol.